The molecule has 2 fully saturated rings. The molecule has 0 unspecified atom stereocenters. The van der Waals surface area contributed by atoms with E-state index in [1.807, 2.05) is 35.2 Å². The highest BCUT2D eigenvalue weighted by Gasteiger charge is 2.30. The van der Waals surface area contributed by atoms with E-state index in [0.29, 0.717) is 43.8 Å². The fourth-order valence-corrected chi connectivity index (χ4v) is 6.56. The van der Waals surface area contributed by atoms with Gasteiger partial charge in [0.2, 0.25) is 5.91 Å². The van der Waals surface area contributed by atoms with Gasteiger partial charge in [-0.3, -0.25) is 14.5 Å². The van der Waals surface area contributed by atoms with Gasteiger partial charge >= 0.3 is 0 Å². The average molecular weight is 540 g/mol. The number of amides is 2. The number of thiazole rings is 1. The summed E-state index contributed by atoms with van der Waals surface area (Å²) in [5, 5.41) is 3.65. The Labute approximate surface area is 227 Å². The van der Waals surface area contributed by atoms with Crippen LogP contribution in [0.3, 0.4) is 0 Å². The summed E-state index contributed by atoms with van der Waals surface area (Å²) in [4.78, 5) is 36.5. The molecule has 37 heavy (non-hydrogen) atoms. The van der Waals surface area contributed by atoms with E-state index in [-0.39, 0.29) is 11.8 Å². The predicted octanol–water partition coefficient (Wildman–Crippen LogP) is 5.20. The Hall–Kier alpha value is -2.68. The van der Waals surface area contributed by atoms with Crippen LogP contribution in [0.15, 0.2) is 35.7 Å². The number of piperazine rings is 1. The second-order valence-corrected chi connectivity index (χ2v) is 11.5. The molecule has 0 spiro atoms. The first-order valence-corrected chi connectivity index (χ1v) is 14.2. The van der Waals surface area contributed by atoms with Crippen LogP contribution in [0.25, 0.3) is 22.0 Å². The summed E-state index contributed by atoms with van der Waals surface area (Å²) in [6.45, 7) is 5.12. The topological polar surface area (TPSA) is 61.7 Å². The Bertz CT molecular complexity index is 1290. The van der Waals surface area contributed by atoms with E-state index < -0.39 is 0 Å². The number of carbonyl (C=O) groups is 2. The molecular formula is C28H34ClN5O2S. The van der Waals surface area contributed by atoms with Crippen LogP contribution in [0, 0.1) is 6.92 Å². The average Bonchev–Trinajstić information content (AvgIpc) is 3.64. The number of halogens is 1. The van der Waals surface area contributed by atoms with Gasteiger partial charge in [0.1, 0.15) is 5.01 Å². The standard InChI is InChI=1S/C28H34ClN5O2S/c1-19-22(28(36)33-14-12-32(13-15-33)17-26(35)31(2)3)16-25(34(19)20-8-4-5-9-20)24-18-37-27(30-24)21-10-6-7-11-23(21)29/h6-7,10-11,16,18,20H,4-5,8-9,12-15,17H2,1-3H3. The smallest absolute Gasteiger partial charge is 0.255 e. The summed E-state index contributed by atoms with van der Waals surface area (Å²) in [6, 6.07) is 10.2. The summed E-state index contributed by atoms with van der Waals surface area (Å²) >= 11 is 8.03. The monoisotopic (exact) mass is 539 g/mol. The number of likely N-dealkylation sites (N-methyl/N-ethyl adjacent to an activating group) is 1. The van der Waals surface area contributed by atoms with Crippen molar-refractivity contribution >= 4 is 34.8 Å². The van der Waals surface area contributed by atoms with Gasteiger partial charge in [-0.05, 0) is 31.9 Å². The van der Waals surface area contributed by atoms with Gasteiger partial charge in [-0.1, -0.05) is 42.6 Å². The van der Waals surface area contributed by atoms with Crippen molar-refractivity contribution in [2.75, 3.05) is 46.8 Å². The highest BCUT2D eigenvalue weighted by Crippen LogP contribution is 2.39. The van der Waals surface area contributed by atoms with E-state index in [9.17, 15) is 9.59 Å². The van der Waals surface area contributed by atoms with Gasteiger partial charge < -0.3 is 14.4 Å². The van der Waals surface area contributed by atoms with Crippen LogP contribution in [-0.2, 0) is 4.79 Å². The molecule has 9 heteroatoms. The highest BCUT2D eigenvalue weighted by molar-refractivity contribution is 7.13. The van der Waals surface area contributed by atoms with Crippen molar-refractivity contribution in [1.29, 1.82) is 0 Å². The fraction of sp³-hybridized carbons (Fsp3) is 0.464. The van der Waals surface area contributed by atoms with Crippen LogP contribution in [0.1, 0.15) is 47.8 Å². The first-order valence-electron chi connectivity index (χ1n) is 13.0. The predicted molar refractivity (Wildman–Crippen MR) is 149 cm³/mol. The number of hydrogen-bond donors (Lipinski definition) is 0. The molecule has 0 radical (unpaired) electrons. The lowest BCUT2D eigenvalue weighted by atomic mass is 10.2. The molecule has 1 aromatic carbocycles. The number of rotatable bonds is 6. The van der Waals surface area contributed by atoms with Gasteiger partial charge in [-0.25, -0.2) is 4.98 Å². The van der Waals surface area contributed by atoms with Crippen molar-refractivity contribution in [3.8, 4) is 22.0 Å². The van der Waals surface area contributed by atoms with Crippen molar-refractivity contribution in [1.82, 2.24) is 24.3 Å². The molecule has 2 amide bonds. The Kier molecular flexibility index (Phi) is 7.70. The van der Waals surface area contributed by atoms with Gasteiger partial charge in [0.25, 0.3) is 5.91 Å². The molecule has 3 heterocycles. The molecule has 7 nitrogen and oxygen atoms in total. The molecule has 196 valence electrons. The largest absolute Gasteiger partial charge is 0.348 e. The molecule has 5 rings (SSSR count). The second kappa shape index (κ2) is 11.0. The van der Waals surface area contributed by atoms with Gasteiger partial charge in [0, 0.05) is 63.0 Å². The zero-order valence-corrected chi connectivity index (χ0v) is 23.3. The Morgan fingerprint density at radius 3 is 2.49 bits per heavy atom. The van der Waals surface area contributed by atoms with E-state index >= 15 is 0 Å². The van der Waals surface area contributed by atoms with Crippen LogP contribution < -0.4 is 0 Å². The van der Waals surface area contributed by atoms with E-state index in [1.54, 1.807) is 30.3 Å². The normalized spacial score (nSPS) is 16.9. The molecule has 2 aromatic heterocycles. The molecule has 3 aromatic rings. The minimum absolute atomic E-state index is 0.0654. The number of aromatic nitrogens is 2. The first kappa shape index (κ1) is 25.9. The number of benzene rings is 1. The lowest BCUT2D eigenvalue weighted by Gasteiger charge is -2.34. The van der Waals surface area contributed by atoms with Gasteiger partial charge in [-0.15, -0.1) is 11.3 Å². The van der Waals surface area contributed by atoms with Crippen LogP contribution >= 0.6 is 22.9 Å². The summed E-state index contributed by atoms with van der Waals surface area (Å²) in [7, 11) is 3.55. The van der Waals surface area contributed by atoms with Gasteiger partial charge in [0.05, 0.1) is 28.5 Å². The van der Waals surface area contributed by atoms with Crippen molar-refractivity contribution in [3.63, 3.8) is 0 Å². The van der Waals surface area contributed by atoms with Crippen LogP contribution in [0.4, 0.5) is 0 Å². The van der Waals surface area contributed by atoms with E-state index in [1.165, 1.54) is 12.8 Å². The quantitative estimate of drug-likeness (QED) is 0.432. The molecular weight excluding hydrogens is 506 g/mol. The van der Waals surface area contributed by atoms with E-state index in [2.05, 4.69) is 21.8 Å². The number of carbonyl (C=O) groups excluding carboxylic acids is 2. The Balaban J connectivity index is 1.41. The van der Waals surface area contributed by atoms with Crippen LogP contribution in [0.2, 0.25) is 5.02 Å². The minimum Gasteiger partial charge on any atom is -0.348 e. The third kappa shape index (κ3) is 5.33. The maximum atomic E-state index is 13.7. The van der Waals surface area contributed by atoms with Crippen molar-refractivity contribution < 1.29 is 9.59 Å². The maximum absolute atomic E-state index is 13.7. The second-order valence-electron chi connectivity index (χ2n) is 10.2. The molecule has 0 N–H and O–H groups in total. The van der Waals surface area contributed by atoms with Gasteiger partial charge in [-0.2, -0.15) is 0 Å². The number of hydrogen-bond acceptors (Lipinski definition) is 5. The summed E-state index contributed by atoms with van der Waals surface area (Å²) in [5.41, 5.74) is 4.60. The van der Waals surface area contributed by atoms with Crippen molar-refractivity contribution in [3.05, 3.63) is 52.0 Å². The van der Waals surface area contributed by atoms with Crippen molar-refractivity contribution in [2.45, 2.75) is 38.6 Å². The zero-order chi connectivity index (χ0) is 26.1. The van der Waals surface area contributed by atoms with E-state index in [4.69, 9.17) is 16.6 Å². The first-order chi connectivity index (χ1) is 17.8. The lowest BCUT2D eigenvalue weighted by molar-refractivity contribution is -0.130. The molecule has 2 aliphatic rings. The molecule has 0 bridgehead atoms. The third-order valence-electron chi connectivity index (χ3n) is 7.60. The fourth-order valence-electron chi connectivity index (χ4n) is 5.43. The van der Waals surface area contributed by atoms with Crippen molar-refractivity contribution in [2.24, 2.45) is 0 Å². The Morgan fingerprint density at radius 1 is 1.11 bits per heavy atom. The van der Waals surface area contributed by atoms with E-state index in [0.717, 1.165) is 46.1 Å². The Morgan fingerprint density at radius 2 is 1.81 bits per heavy atom. The number of nitrogens with zero attached hydrogens (tertiary/aromatic N) is 5. The third-order valence-corrected chi connectivity index (χ3v) is 8.81. The highest BCUT2D eigenvalue weighted by atomic mass is 35.5. The zero-order valence-electron chi connectivity index (χ0n) is 21.7. The van der Waals surface area contributed by atoms with Crippen LogP contribution in [0.5, 0.6) is 0 Å². The molecule has 1 aliphatic heterocycles. The lowest BCUT2D eigenvalue weighted by Crippen LogP contribution is -2.51. The van der Waals surface area contributed by atoms with Gasteiger partial charge in [0.15, 0.2) is 0 Å². The molecule has 0 atom stereocenters. The molecule has 1 saturated heterocycles. The SMILES string of the molecule is Cc1c(C(=O)N2CCN(CC(=O)N(C)C)CC2)cc(-c2csc(-c3ccccc3Cl)n2)n1C1CCCC1. The molecule has 1 saturated carbocycles. The summed E-state index contributed by atoms with van der Waals surface area (Å²) in [5.74, 6) is 0.156. The van der Waals surface area contributed by atoms with Crippen LogP contribution in [-0.4, -0.2) is 82.9 Å². The summed E-state index contributed by atoms with van der Waals surface area (Å²) in [6.07, 6.45) is 4.66. The minimum atomic E-state index is 0.0654. The molecule has 1 aliphatic carbocycles. The maximum Gasteiger partial charge on any atom is 0.255 e. The summed E-state index contributed by atoms with van der Waals surface area (Å²) < 4.78 is 2.36.